The summed E-state index contributed by atoms with van der Waals surface area (Å²) in [6.45, 7) is 0. The van der Waals surface area contributed by atoms with Gasteiger partial charge >= 0.3 is 0 Å². The van der Waals surface area contributed by atoms with Crippen molar-refractivity contribution < 1.29 is 13.3 Å². The average Bonchev–Trinajstić information content (AvgIpc) is 2.62. The smallest absolute Gasteiger partial charge is 0.169 e. The van der Waals surface area contributed by atoms with Crippen LogP contribution >= 0.6 is 0 Å². The Balaban J connectivity index is 2.59. The first-order valence-corrected chi connectivity index (χ1v) is 3.64. The minimum atomic E-state index is -0.917. The molecule has 0 N–H and O–H groups in total. The molecule has 0 saturated heterocycles. The molecular weight excluding hydrogens is 176 g/mol. The van der Waals surface area contributed by atoms with Crippen LogP contribution in [0.4, 0.5) is 8.78 Å². The van der Waals surface area contributed by atoms with Gasteiger partial charge in [0.05, 0.1) is 11.8 Å². The number of aromatic nitrogens is 1. The first kappa shape index (κ1) is 7.91. The van der Waals surface area contributed by atoms with E-state index in [-0.39, 0.29) is 11.3 Å². The Morgan fingerprint density at radius 2 is 2.00 bits per heavy atom. The van der Waals surface area contributed by atoms with Gasteiger partial charge in [-0.05, 0) is 12.1 Å². The van der Waals surface area contributed by atoms with Gasteiger partial charge in [0.25, 0.3) is 0 Å². The van der Waals surface area contributed by atoms with E-state index in [0.29, 0.717) is 0 Å². The van der Waals surface area contributed by atoms with Crippen molar-refractivity contribution in [1.82, 2.24) is 5.16 Å². The monoisotopic (exact) mass is 181 g/mol. The van der Waals surface area contributed by atoms with Gasteiger partial charge in [0.1, 0.15) is 0 Å². The Morgan fingerprint density at radius 1 is 1.15 bits per heavy atom. The van der Waals surface area contributed by atoms with Crippen LogP contribution in [0.15, 0.2) is 35.0 Å². The van der Waals surface area contributed by atoms with Gasteiger partial charge in [0.15, 0.2) is 17.4 Å². The SMILES string of the molecule is Fc1cccc(-c2ccno2)c1F. The van der Waals surface area contributed by atoms with E-state index < -0.39 is 11.6 Å². The van der Waals surface area contributed by atoms with Gasteiger partial charge in [-0.3, -0.25) is 0 Å². The zero-order valence-electron chi connectivity index (χ0n) is 6.50. The van der Waals surface area contributed by atoms with Crippen LogP contribution in [0.1, 0.15) is 0 Å². The molecule has 66 valence electrons. The van der Waals surface area contributed by atoms with E-state index >= 15 is 0 Å². The molecule has 1 heterocycles. The fourth-order valence-corrected chi connectivity index (χ4v) is 1.05. The first-order valence-electron chi connectivity index (χ1n) is 3.64. The normalized spacial score (nSPS) is 10.3. The van der Waals surface area contributed by atoms with E-state index in [1.54, 1.807) is 0 Å². The first-order chi connectivity index (χ1) is 6.29. The van der Waals surface area contributed by atoms with Crippen LogP contribution in [0.3, 0.4) is 0 Å². The van der Waals surface area contributed by atoms with E-state index in [4.69, 9.17) is 4.52 Å². The quantitative estimate of drug-likeness (QED) is 0.675. The maximum Gasteiger partial charge on any atom is 0.169 e. The van der Waals surface area contributed by atoms with Crippen molar-refractivity contribution in [1.29, 1.82) is 0 Å². The third kappa shape index (κ3) is 1.30. The molecule has 0 aliphatic rings. The van der Waals surface area contributed by atoms with Crippen molar-refractivity contribution in [2.45, 2.75) is 0 Å². The Kier molecular flexibility index (Phi) is 1.81. The summed E-state index contributed by atoms with van der Waals surface area (Å²) in [7, 11) is 0. The Morgan fingerprint density at radius 3 is 2.69 bits per heavy atom. The molecule has 0 fully saturated rings. The fourth-order valence-electron chi connectivity index (χ4n) is 1.05. The van der Waals surface area contributed by atoms with E-state index in [1.165, 1.54) is 24.4 Å². The molecule has 0 radical (unpaired) electrons. The van der Waals surface area contributed by atoms with Crippen molar-refractivity contribution in [2.75, 3.05) is 0 Å². The predicted molar refractivity (Wildman–Crippen MR) is 41.9 cm³/mol. The topological polar surface area (TPSA) is 26.0 Å². The van der Waals surface area contributed by atoms with Gasteiger partial charge in [-0.15, -0.1) is 0 Å². The predicted octanol–water partition coefficient (Wildman–Crippen LogP) is 2.62. The van der Waals surface area contributed by atoms with Crippen molar-refractivity contribution in [3.63, 3.8) is 0 Å². The van der Waals surface area contributed by atoms with E-state index in [1.807, 2.05) is 0 Å². The van der Waals surface area contributed by atoms with Gasteiger partial charge in [0.2, 0.25) is 0 Å². The van der Waals surface area contributed by atoms with E-state index in [2.05, 4.69) is 5.16 Å². The molecule has 0 bridgehead atoms. The molecule has 13 heavy (non-hydrogen) atoms. The third-order valence-corrected chi connectivity index (χ3v) is 1.65. The molecule has 0 aliphatic heterocycles. The molecule has 0 amide bonds. The lowest BCUT2D eigenvalue weighted by Crippen LogP contribution is -1.87. The molecule has 0 atom stereocenters. The maximum absolute atomic E-state index is 13.1. The van der Waals surface area contributed by atoms with Crippen LogP contribution in [0.5, 0.6) is 0 Å². The molecule has 0 spiro atoms. The Hall–Kier alpha value is -1.71. The fraction of sp³-hybridized carbons (Fsp3) is 0. The minimum absolute atomic E-state index is 0.0810. The molecule has 2 aromatic rings. The van der Waals surface area contributed by atoms with Crippen molar-refractivity contribution in [3.8, 4) is 11.3 Å². The standard InChI is InChI=1S/C9H5F2NO/c10-7-3-1-2-6(9(7)11)8-4-5-12-13-8/h1-5H. The summed E-state index contributed by atoms with van der Waals surface area (Å²) in [6.07, 6.45) is 1.37. The maximum atomic E-state index is 13.1. The molecule has 1 aromatic carbocycles. The molecule has 4 heteroatoms. The zero-order chi connectivity index (χ0) is 9.26. The molecule has 0 saturated carbocycles. The lowest BCUT2D eigenvalue weighted by molar-refractivity contribution is 0.427. The van der Waals surface area contributed by atoms with Gasteiger partial charge in [-0.1, -0.05) is 11.2 Å². The lowest BCUT2D eigenvalue weighted by atomic mass is 10.1. The molecule has 2 rings (SSSR count). The number of rotatable bonds is 1. The minimum Gasteiger partial charge on any atom is -0.356 e. The number of benzene rings is 1. The molecular formula is C9H5F2NO. The largest absolute Gasteiger partial charge is 0.356 e. The second-order valence-corrected chi connectivity index (χ2v) is 2.48. The summed E-state index contributed by atoms with van der Waals surface area (Å²) >= 11 is 0. The summed E-state index contributed by atoms with van der Waals surface area (Å²) in [5.41, 5.74) is 0.0810. The highest BCUT2D eigenvalue weighted by molar-refractivity contribution is 5.57. The van der Waals surface area contributed by atoms with Gasteiger partial charge in [-0.25, -0.2) is 8.78 Å². The Bertz CT molecular complexity index is 412. The second-order valence-electron chi connectivity index (χ2n) is 2.48. The van der Waals surface area contributed by atoms with Crippen molar-refractivity contribution in [2.24, 2.45) is 0 Å². The molecule has 0 unspecified atom stereocenters. The van der Waals surface area contributed by atoms with Crippen LogP contribution in [0, 0.1) is 11.6 Å². The summed E-state index contributed by atoms with van der Waals surface area (Å²) in [4.78, 5) is 0. The number of hydrogen-bond acceptors (Lipinski definition) is 2. The average molecular weight is 181 g/mol. The van der Waals surface area contributed by atoms with E-state index in [0.717, 1.165) is 6.07 Å². The lowest BCUT2D eigenvalue weighted by Gasteiger charge is -1.97. The van der Waals surface area contributed by atoms with Crippen molar-refractivity contribution >= 4 is 0 Å². The van der Waals surface area contributed by atoms with Gasteiger partial charge in [0, 0.05) is 6.07 Å². The van der Waals surface area contributed by atoms with Gasteiger partial charge in [-0.2, -0.15) is 0 Å². The highest BCUT2D eigenvalue weighted by atomic mass is 19.2. The molecule has 0 aliphatic carbocycles. The highest BCUT2D eigenvalue weighted by Gasteiger charge is 2.11. The van der Waals surface area contributed by atoms with Crippen LogP contribution in [-0.4, -0.2) is 5.16 Å². The second kappa shape index (κ2) is 2.97. The number of halogens is 2. The van der Waals surface area contributed by atoms with Crippen LogP contribution in [0.25, 0.3) is 11.3 Å². The summed E-state index contributed by atoms with van der Waals surface area (Å²) in [5, 5.41) is 3.41. The third-order valence-electron chi connectivity index (χ3n) is 1.65. The molecule has 2 nitrogen and oxygen atoms in total. The number of nitrogens with zero attached hydrogens (tertiary/aromatic N) is 1. The van der Waals surface area contributed by atoms with Gasteiger partial charge < -0.3 is 4.52 Å². The summed E-state index contributed by atoms with van der Waals surface area (Å²) in [6, 6.07) is 5.36. The summed E-state index contributed by atoms with van der Waals surface area (Å²) < 4.78 is 30.5. The van der Waals surface area contributed by atoms with Crippen molar-refractivity contribution in [3.05, 3.63) is 42.1 Å². The van der Waals surface area contributed by atoms with Crippen LogP contribution in [-0.2, 0) is 0 Å². The number of hydrogen-bond donors (Lipinski definition) is 0. The molecule has 1 aromatic heterocycles. The van der Waals surface area contributed by atoms with Crippen LogP contribution in [0.2, 0.25) is 0 Å². The van der Waals surface area contributed by atoms with Crippen LogP contribution < -0.4 is 0 Å². The highest BCUT2D eigenvalue weighted by Crippen LogP contribution is 2.23. The zero-order valence-corrected chi connectivity index (χ0v) is 6.50. The van der Waals surface area contributed by atoms with E-state index in [9.17, 15) is 8.78 Å². The summed E-state index contributed by atoms with van der Waals surface area (Å²) in [5.74, 6) is -1.59. The Labute approximate surface area is 72.8 Å².